The summed E-state index contributed by atoms with van der Waals surface area (Å²) in [7, 11) is 0. The molecule has 0 aliphatic rings. The zero-order valence-electron chi connectivity index (χ0n) is 13.2. The summed E-state index contributed by atoms with van der Waals surface area (Å²) in [6.07, 6.45) is 1.99. The van der Waals surface area contributed by atoms with Crippen LogP contribution in [-0.2, 0) is 13.1 Å². The summed E-state index contributed by atoms with van der Waals surface area (Å²) in [5.74, 6) is 0. The van der Waals surface area contributed by atoms with E-state index in [1.165, 1.54) is 27.9 Å². The van der Waals surface area contributed by atoms with Crippen molar-refractivity contribution < 1.29 is 0 Å². The van der Waals surface area contributed by atoms with E-state index in [0.29, 0.717) is 6.04 Å². The maximum Gasteiger partial charge on any atom is 0.0571 e. The Morgan fingerprint density at radius 2 is 1.95 bits per heavy atom. The molecule has 108 valence electrons. The molecule has 0 aliphatic heterocycles. The van der Waals surface area contributed by atoms with E-state index in [2.05, 4.69) is 63.2 Å². The zero-order valence-corrected chi connectivity index (χ0v) is 13.2. The molecule has 0 saturated carbocycles. The Labute approximate surface area is 122 Å². The molecule has 2 rings (SSSR count). The molecule has 0 amide bonds. The molecule has 1 aromatic carbocycles. The second-order valence-corrected chi connectivity index (χ2v) is 5.64. The SMILES string of the molecule is CCn1ncc(-c2cc(CNC(C)C)ccc2C)c1C. The average molecular weight is 271 g/mol. The van der Waals surface area contributed by atoms with E-state index in [-0.39, 0.29) is 0 Å². The fraction of sp³-hybridized carbons (Fsp3) is 0.471. The number of benzene rings is 1. The summed E-state index contributed by atoms with van der Waals surface area (Å²) < 4.78 is 2.05. The van der Waals surface area contributed by atoms with Crippen LogP contribution in [-0.4, -0.2) is 15.8 Å². The van der Waals surface area contributed by atoms with Crippen molar-refractivity contribution in [3.05, 3.63) is 41.2 Å². The fourth-order valence-corrected chi connectivity index (χ4v) is 2.42. The third kappa shape index (κ3) is 3.10. The van der Waals surface area contributed by atoms with E-state index in [0.717, 1.165) is 13.1 Å². The van der Waals surface area contributed by atoms with Crippen LogP contribution in [0.2, 0.25) is 0 Å². The first-order valence-electron chi connectivity index (χ1n) is 7.38. The lowest BCUT2D eigenvalue weighted by Gasteiger charge is -2.12. The van der Waals surface area contributed by atoms with Crippen molar-refractivity contribution in [1.82, 2.24) is 15.1 Å². The number of aromatic nitrogens is 2. The molecule has 20 heavy (non-hydrogen) atoms. The maximum atomic E-state index is 4.46. The van der Waals surface area contributed by atoms with Crippen molar-refractivity contribution in [2.45, 2.75) is 53.8 Å². The van der Waals surface area contributed by atoms with E-state index in [1.54, 1.807) is 0 Å². The molecule has 0 spiro atoms. The Morgan fingerprint density at radius 3 is 2.55 bits per heavy atom. The summed E-state index contributed by atoms with van der Waals surface area (Å²) in [5.41, 5.74) is 6.41. The van der Waals surface area contributed by atoms with Gasteiger partial charge in [-0.05, 0) is 43.5 Å². The van der Waals surface area contributed by atoms with Gasteiger partial charge in [-0.25, -0.2) is 0 Å². The molecule has 0 atom stereocenters. The molecule has 1 heterocycles. The molecule has 0 aliphatic carbocycles. The van der Waals surface area contributed by atoms with Crippen LogP contribution in [0, 0.1) is 13.8 Å². The predicted molar refractivity (Wildman–Crippen MR) is 84.8 cm³/mol. The first-order valence-corrected chi connectivity index (χ1v) is 7.38. The number of rotatable bonds is 5. The van der Waals surface area contributed by atoms with Crippen LogP contribution in [0.15, 0.2) is 24.4 Å². The molecule has 1 N–H and O–H groups in total. The van der Waals surface area contributed by atoms with Gasteiger partial charge in [-0.1, -0.05) is 26.0 Å². The normalized spacial score (nSPS) is 11.3. The average Bonchev–Trinajstić information content (AvgIpc) is 2.79. The van der Waals surface area contributed by atoms with Gasteiger partial charge in [0, 0.05) is 30.4 Å². The molecular formula is C17H25N3. The van der Waals surface area contributed by atoms with E-state index in [9.17, 15) is 0 Å². The lowest BCUT2D eigenvalue weighted by atomic mass is 9.98. The largest absolute Gasteiger partial charge is 0.310 e. The van der Waals surface area contributed by atoms with E-state index >= 15 is 0 Å². The molecule has 3 heteroatoms. The molecule has 0 fully saturated rings. The zero-order chi connectivity index (χ0) is 14.7. The topological polar surface area (TPSA) is 29.9 Å². The van der Waals surface area contributed by atoms with Crippen LogP contribution in [0.3, 0.4) is 0 Å². The molecular weight excluding hydrogens is 246 g/mol. The van der Waals surface area contributed by atoms with E-state index < -0.39 is 0 Å². The van der Waals surface area contributed by atoms with Crippen LogP contribution in [0.1, 0.15) is 37.6 Å². The Hall–Kier alpha value is -1.61. The van der Waals surface area contributed by atoms with Gasteiger partial charge in [-0.15, -0.1) is 0 Å². The summed E-state index contributed by atoms with van der Waals surface area (Å²) in [6, 6.07) is 7.20. The van der Waals surface area contributed by atoms with Crippen molar-refractivity contribution in [2.75, 3.05) is 0 Å². The number of hydrogen-bond donors (Lipinski definition) is 1. The van der Waals surface area contributed by atoms with Gasteiger partial charge in [0.15, 0.2) is 0 Å². The Morgan fingerprint density at radius 1 is 1.20 bits per heavy atom. The van der Waals surface area contributed by atoms with Crippen molar-refractivity contribution in [3.8, 4) is 11.1 Å². The van der Waals surface area contributed by atoms with Crippen molar-refractivity contribution in [1.29, 1.82) is 0 Å². The Bertz CT molecular complexity index is 582. The first kappa shape index (κ1) is 14.8. The molecule has 1 aromatic heterocycles. The highest BCUT2D eigenvalue weighted by Crippen LogP contribution is 2.27. The van der Waals surface area contributed by atoms with E-state index in [1.807, 2.05) is 10.9 Å². The van der Waals surface area contributed by atoms with Crippen LogP contribution in [0.25, 0.3) is 11.1 Å². The van der Waals surface area contributed by atoms with Gasteiger partial charge in [-0.3, -0.25) is 4.68 Å². The minimum atomic E-state index is 0.504. The predicted octanol–water partition coefficient (Wildman–Crippen LogP) is 3.68. The maximum absolute atomic E-state index is 4.46. The summed E-state index contributed by atoms with van der Waals surface area (Å²) in [4.78, 5) is 0. The molecule has 0 radical (unpaired) electrons. The van der Waals surface area contributed by atoms with Gasteiger partial charge in [0.2, 0.25) is 0 Å². The van der Waals surface area contributed by atoms with Crippen LogP contribution < -0.4 is 5.32 Å². The lowest BCUT2D eigenvalue weighted by Crippen LogP contribution is -2.21. The highest BCUT2D eigenvalue weighted by molar-refractivity contribution is 5.69. The van der Waals surface area contributed by atoms with Crippen molar-refractivity contribution in [3.63, 3.8) is 0 Å². The third-order valence-electron chi connectivity index (χ3n) is 3.71. The smallest absolute Gasteiger partial charge is 0.0571 e. The van der Waals surface area contributed by atoms with Gasteiger partial charge >= 0.3 is 0 Å². The van der Waals surface area contributed by atoms with Crippen LogP contribution in [0.5, 0.6) is 0 Å². The second-order valence-electron chi connectivity index (χ2n) is 5.64. The van der Waals surface area contributed by atoms with Gasteiger partial charge in [0.05, 0.1) is 6.20 Å². The van der Waals surface area contributed by atoms with Crippen LogP contribution >= 0.6 is 0 Å². The van der Waals surface area contributed by atoms with Crippen molar-refractivity contribution in [2.24, 2.45) is 0 Å². The molecule has 2 aromatic rings. The summed E-state index contributed by atoms with van der Waals surface area (Å²) in [6.45, 7) is 12.6. The molecule has 0 bridgehead atoms. The minimum Gasteiger partial charge on any atom is -0.310 e. The van der Waals surface area contributed by atoms with Gasteiger partial charge in [-0.2, -0.15) is 5.10 Å². The van der Waals surface area contributed by atoms with Gasteiger partial charge < -0.3 is 5.32 Å². The summed E-state index contributed by atoms with van der Waals surface area (Å²) >= 11 is 0. The van der Waals surface area contributed by atoms with Crippen LogP contribution in [0.4, 0.5) is 0 Å². The highest BCUT2D eigenvalue weighted by Gasteiger charge is 2.10. The molecule has 0 unspecified atom stereocenters. The number of nitrogens with zero attached hydrogens (tertiary/aromatic N) is 2. The monoisotopic (exact) mass is 271 g/mol. The standard InChI is InChI=1S/C17H25N3/c1-6-20-14(5)17(11-19-20)16-9-15(8-7-13(16)4)10-18-12(2)3/h7-9,11-12,18H,6,10H2,1-5H3. The quantitative estimate of drug-likeness (QED) is 0.899. The molecule has 3 nitrogen and oxygen atoms in total. The second kappa shape index (κ2) is 6.23. The van der Waals surface area contributed by atoms with Gasteiger partial charge in [0.25, 0.3) is 0 Å². The molecule has 0 saturated heterocycles. The Kier molecular flexibility index (Phi) is 4.61. The third-order valence-corrected chi connectivity index (χ3v) is 3.71. The fourth-order valence-electron chi connectivity index (χ4n) is 2.42. The Balaban J connectivity index is 2.34. The minimum absolute atomic E-state index is 0.504. The number of aryl methyl sites for hydroxylation is 2. The lowest BCUT2D eigenvalue weighted by molar-refractivity contribution is 0.589. The van der Waals surface area contributed by atoms with E-state index in [4.69, 9.17) is 0 Å². The van der Waals surface area contributed by atoms with Gasteiger partial charge in [0.1, 0.15) is 0 Å². The van der Waals surface area contributed by atoms with Crippen molar-refractivity contribution >= 4 is 0 Å². The number of hydrogen-bond acceptors (Lipinski definition) is 2. The highest BCUT2D eigenvalue weighted by atomic mass is 15.3. The first-order chi connectivity index (χ1) is 9.52. The number of nitrogens with one attached hydrogen (secondary N) is 1. The summed E-state index contributed by atoms with van der Waals surface area (Å²) in [5, 5.41) is 7.93.